The lowest BCUT2D eigenvalue weighted by Gasteiger charge is -2.44. The highest BCUT2D eigenvalue weighted by Crippen LogP contribution is 2.53. The second-order valence-corrected chi connectivity index (χ2v) is 24.2. The summed E-state index contributed by atoms with van der Waals surface area (Å²) < 4.78 is 14.9. The molecule has 0 saturated heterocycles. The maximum absolute atomic E-state index is 7.46. The van der Waals surface area contributed by atoms with Crippen LogP contribution in [0.25, 0.3) is 87.7 Å². The number of benzene rings is 15. The topological polar surface area (TPSA) is 39.2 Å². The Kier molecular flexibility index (Phi) is 12.0. The largest absolute Gasteiger partial charge is 0.456 e. The van der Waals surface area contributed by atoms with Gasteiger partial charge in [-0.05, 0) is 135 Å². The van der Waals surface area contributed by atoms with Gasteiger partial charge in [0.1, 0.15) is 22.3 Å². The van der Waals surface area contributed by atoms with E-state index in [0.717, 1.165) is 167 Å². The zero-order valence-electron chi connectivity index (χ0n) is 50.4. The summed E-state index contributed by atoms with van der Waals surface area (Å²) in [6.07, 6.45) is 0. The van der Waals surface area contributed by atoms with Gasteiger partial charge in [0.25, 0.3) is 6.71 Å². The van der Waals surface area contributed by atoms with E-state index in [1.807, 2.05) is 0 Å². The molecular weight excluding hydrogens is 1130 g/mol. The van der Waals surface area contributed by atoms with E-state index in [-0.39, 0.29) is 6.71 Å². The van der Waals surface area contributed by atoms with E-state index in [1.54, 1.807) is 0 Å². The molecule has 6 nitrogen and oxygen atoms in total. The molecule has 0 spiro atoms. The van der Waals surface area contributed by atoms with Crippen LogP contribution in [0.5, 0.6) is 0 Å². The average Bonchev–Trinajstić information content (AvgIpc) is 1.68. The van der Waals surface area contributed by atoms with Gasteiger partial charge in [-0.3, -0.25) is 0 Å². The Morgan fingerprint density at radius 3 is 0.957 bits per heavy atom. The number of fused-ring (bicyclic) bond motifs is 14. The van der Waals surface area contributed by atoms with Crippen LogP contribution in [-0.2, 0) is 0 Å². The molecule has 2 aliphatic heterocycles. The molecule has 2 aromatic heterocycles. The summed E-state index contributed by atoms with van der Waals surface area (Å²) in [4.78, 5) is 9.79. The summed E-state index contributed by atoms with van der Waals surface area (Å²) in [6.45, 7) is -0.283. The fraction of sp³-hybridized carbons (Fsp3) is 0. The van der Waals surface area contributed by atoms with Crippen LogP contribution in [0.15, 0.2) is 342 Å². The molecule has 0 fully saturated rings. The first-order valence-electron chi connectivity index (χ1n) is 31.8. The van der Waals surface area contributed by atoms with Crippen LogP contribution in [0.2, 0.25) is 0 Å². The zero-order chi connectivity index (χ0) is 61.1. The summed E-state index contributed by atoms with van der Waals surface area (Å²) in [7, 11) is 0. The third-order valence-electron chi connectivity index (χ3n) is 19.1. The minimum absolute atomic E-state index is 0.283. The van der Waals surface area contributed by atoms with Crippen LogP contribution < -0.4 is 36.0 Å². The van der Waals surface area contributed by atoms with Gasteiger partial charge in [-0.2, -0.15) is 0 Å². The second-order valence-electron chi connectivity index (χ2n) is 24.2. The van der Waals surface area contributed by atoms with Gasteiger partial charge in [0.15, 0.2) is 0 Å². The molecule has 0 aliphatic carbocycles. The Morgan fingerprint density at radius 1 is 0.247 bits per heavy atom. The van der Waals surface area contributed by atoms with Crippen LogP contribution in [0.3, 0.4) is 0 Å². The molecule has 4 heterocycles. The van der Waals surface area contributed by atoms with Crippen LogP contribution >= 0.6 is 0 Å². The predicted molar refractivity (Wildman–Crippen MR) is 390 cm³/mol. The number of anilines is 12. The Labute approximate surface area is 538 Å². The van der Waals surface area contributed by atoms with Gasteiger partial charge >= 0.3 is 0 Å². The molecule has 0 atom stereocenters. The highest BCUT2D eigenvalue weighted by atomic mass is 16.3. The average molecular weight is 1190 g/mol. The molecule has 17 aromatic rings. The fourth-order valence-electron chi connectivity index (χ4n) is 15.3. The highest BCUT2D eigenvalue weighted by Gasteiger charge is 2.45. The van der Waals surface area contributed by atoms with Crippen LogP contribution in [-0.4, -0.2) is 6.71 Å². The number of rotatable bonds is 10. The molecule has 0 amide bonds. The van der Waals surface area contributed by atoms with Gasteiger partial charge < -0.3 is 28.4 Å². The molecule has 19 rings (SSSR count). The molecule has 0 saturated carbocycles. The fourth-order valence-corrected chi connectivity index (χ4v) is 15.3. The van der Waals surface area contributed by atoms with Crippen LogP contribution in [0, 0.1) is 0 Å². The molecule has 0 N–H and O–H groups in total. The molecular formula is C86H55BN4O2. The smallest absolute Gasteiger partial charge is 0.252 e. The van der Waals surface area contributed by atoms with Crippen molar-refractivity contribution < 1.29 is 8.83 Å². The maximum atomic E-state index is 7.46. The molecule has 2 aliphatic rings. The van der Waals surface area contributed by atoms with Crippen molar-refractivity contribution in [2.45, 2.75) is 0 Å². The van der Waals surface area contributed by atoms with E-state index < -0.39 is 0 Å². The molecule has 93 heavy (non-hydrogen) atoms. The zero-order valence-corrected chi connectivity index (χ0v) is 50.4. The third kappa shape index (κ3) is 8.23. The van der Waals surface area contributed by atoms with Crippen molar-refractivity contribution in [1.29, 1.82) is 0 Å². The summed E-state index contributed by atoms with van der Waals surface area (Å²) in [5.74, 6) is 0. The summed E-state index contributed by atoms with van der Waals surface area (Å²) >= 11 is 0. The first kappa shape index (κ1) is 52.6. The lowest BCUT2D eigenvalue weighted by Crippen LogP contribution is -2.61. The number of hydrogen-bond donors (Lipinski definition) is 0. The van der Waals surface area contributed by atoms with E-state index in [9.17, 15) is 0 Å². The van der Waals surface area contributed by atoms with Gasteiger partial charge in [-0.15, -0.1) is 0 Å². The number of para-hydroxylation sites is 6. The summed E-state index contributed by atoms with van der Waals surface area (Å²) in [5, 5.41) is 8.72. The molecule has 434 valence electrons. The van der Waals surface area contributed by atoms with Crippen molar-refractivity contribution in [3.8, 4) is 22.3 Å². The standard InChI is InChI=1S/C86H55BN4O2/c1-7-28-56(29-8-1)62-40-23-25-46-72(62)90-74-48-27-49-75-86(74)87(70-52-80-68(50-78(70)90)84-66-44-21-19-42-64(66)76(54-82(84)92-80)88(58-32-11-3-12-33-58)59-34-13-4-14-35-59)71-53-81-69(51-79(71)91(75)73-47-26-24-41-63(73)57-30-9-2-10-31-57)85-67-45-22-20-43-65(67)77(55-83(85)93-81)89(60-36-15-5-16-37-60)61-38-17-6-18-39-61/h1-55H. The Balaban J connectivity index is 0.915. The molecule has 7 heteroatoms. The SMILES string of the molecule is c1ccc(-c2ccccc2N2c3cc4c(cc3B3c5cc6oc7cc(N(c8ccccc8)c8ccccc8)c8ccccc8c7c6cc5N(c5ccccc5-c5ccccc5)c5cccc2c53)oc2cc(N(c3ccccc3)c3ccccc3)c3ccccc3c24)cc1. The Hall–Kier alpha value is -12.3. The first-order valence-corrected chi connectivity index (χ1v) is 31.8. The second kappa shape index (κ2) is 21.2. The summed E-state index contributed by atoms with van der Waals surface area (Å²) in [6, 6.07) is 121. The van der Waals surface area contributed by atoms with Crippen molar-refractivity contribution >= 4 is 157 Å². The van der Waals surface area contributed by atoms with Crippen molar-refractivity contribution in [3.63, 3.8) is 0 Å². The van der Waals surface area contributed by atoms with Crippen LogP contribution in [0.4, 0.5) is 68.2 Å². The Morgan fingerprint density at radius 2 is 0.570 bits per heavy atom. The quantitative estimate of drug-likeness (QED) is 0.127. The minimum atomic E-state index is -0.283. The molecule has 0 bridgehead atoms. The molecule has 0 radical (unpaired) electrons. The number of furan rings is 2. The van der Waals surface area contributed by atoms with E-state index in [4.69, 9.17) is 8.83 Å². The first-order chi connectivity index (χ1) is 46.2. The van der Waals surface area contributed by atoms with E-state index >= 15 is 0 Å². The number of nitrogens with zero attached hydrogens (tertiary/aromatic N) is 4. The highest BCUT2D eigenvalue weighted by molar-refractivity contribution is 7.00. The van der Waals surface area contributed by atoms with Crippen molar-refractivity contribution in [3.05, 3.63) is 334 Å². The van der Waals surface area contributed by atoms with Crippen LogP contribution in [0.1, 0.15) is 0 Å². The van der Waals surface area contributed by atoms with Crippen molar-refractivity contribution in [2.24, 2.45) is 0 Å². The van der Waals surface area contributed by atoms with Crippen molar-refractivity contribution in [1.82, 2.24) is 0 Å². The van der Waals surface area contributed by atoms with E-state index in [0.29, 0.717) is 0 Å². The lowest BCUT2D eigenvalue weighted by atomic mass is 9.33. The maximum Gasteiger partial charge on any atom is 0.252 e. The Bertz CT molecular complexity index is 5350. The molecule has 0 unspecified atom stereocenters. The predicted octanol–water partition coefficient (Wildman–Crippen LogP) is 22.1. The van der Waals surface area contributed by atoms with Gasteiger partial charge in [-0.1, -0.05) is 224 Å². The normalized spacial score (nSPS) is 12.5. The van der Waals surface area contributed by atoms with E-state index in [2.05, 4.69) is 353 Å². The van der Waals surface area contributed by atoms with Gasteiger partial charge in [0.2, 0.25) is 0 Å². The van der Waals surface area contributed by atoms with E-state index in [1.165, 1.54) is 5.46 Å². The monoisotopic (exact) mass is 1190 g/mol. The summed E-state index contributed by atoms with van der Waals surface area (Å²) in [5.41, 5.74) is 24.1. The van der Waals surface area contributed by atoms with Gasteiger partial charge in [0.05, 0.1) is 22.7 Å². The van der Waals surface area contributed by atoms with Gasteiger partial charge in [-0.25, -0.2) is 0 Å². The number of hydrogen-bond acceptors (Lipinski definition) is 6. The van der Waals surface area contributed by atoms with Crippen molar-refractivity contribution in [2.75, 3.05) is 19.6 Å². The third-order valence-corrected chi connectivity index (χ3v) is 19.1. The molecule has 15 aromatic carbocycles. The minimum Gasteiger partial charge on any atom is -0.456 e. The van der Waals surface area contributed by atoms with Gasteiger partial charge in [0, 0.05) is 101 Å². The lowest BCUT2D eigenvalue weighted by molar-refractivity contribution is 0.669.